The fourth-order valence-electron chi connectivity index (χ4n) is 4.06. The number of morpholine rings is 1. The Morgan fingerprint density at radius 2 is 1.87 bits per heavy atom. The number of hydrogen-bond acceptors (Lipinski definition) is 4. The van der Waals surface area contributed by atoms with Crippen LogP contribution in [0.4, 0.5) is 4.79 Å². The fraction of sp³-hybridized carbons (Fsp3) is 0.941. The Kier molecular flexibility index (Phi) is 4.85. The lowest BCUT2D eigenvalue weighted by Gasteiger charge is -2.42. The highest BCUT2D eigenvalue weighted by Crippen LogP contribution is 2.38. The molecule has 3 rings (SSSR count). The molecule has 2 heterocycles. The normalized spacial score (nSPS) is 30.6. The van der Waals surface area contributed by atoms with Gasteiger partial charge in [0.15, 0.2) is 5.79 Å². The highest BCUT2D eigenvalue weighted by Gasteiger charge is 2.40. The molecule has 6 nitrogen and oxygen atoms in total. The van der Waals surface area contributed by atoms with Crippen LogP contribution >= 0.6 is 0 Å². The molecule has 3 aliphatic rings. The summed E-state index contributed by atoms with van der Waals surface area (Å²) in [5.74, 6) is 0.202. The van der Waals surface area contributed by atoms with E-state index in [-0.39, 0.29) is 23.5 Å². The van der Waals surface area contributed by atoms with Crippen molar-refractivity contribution in [1.29, 1.82) is 0 Å². The number of rotatable bonds is 2. The fourth-order valence-corrected chi connectivity index (χ4v) is 4.06. The molecule has 0 aromatic rings. The highest BCUT2D eigenvalue weighted by molar-refractivity contribution is 5.74. The highest BCUT2D eigenvalue weighted by atomic mass is 16.7. The Bertz CT molecular complexity index is 424. The smallest absolute Gasteiger partial charge is 0.317 e. The van der Waals surface area contributed by atoms with Crippen molar-refractivity contribution in [2.75, 3.05) is 32.8 Å². The van der Waals surface area contributed by atoms with Crippen molar-refractivity contribution in [1.82, 2.24) is 10.2 Å². The standard InChI is InChI=1S/C17H30N2O4/c1-13-11-19(12-16(2,3)23-13)15(20)18-10-14-4-6-17(7-5-14)21-8-9-22-17/h13-14H,4-12H2,1-3H3,(H,18,20). The van der Waals surface area contributed by atoms with Crippen molar-refractivity contribution in [3.63, 3.8) is 0 Å². The number of hydrogen-bond donors (Lipinski definition) is 1. The molecule has 23 heavy (non-hydrogen) atoms. The molecular formula is C17H30N2O4. The van der Waals surface area contributed by atoms with E-state index in [1.165, 1.54) is 0 Å². The first-order valence-corrected chi connectivity index (χ1v) is 8.86. The molecule has 2 saturated heterocycles. The predicted octanol–water partition coefficient (Wildman–Crippen LogP) is 2.13. The monoisotopic (exact) mass is 326 g/mol. The van der Waals surface area contributed by atoms with E-state index in [9.17, 15) is 4.79 Å². The van der Waals surface area contributed by atoms with Crippen molar-refractivity contribution in [3.8, 4) is 0 Å². The second-order valence-electron chi connectivity index (χ2n) is 7.81. The molecule has 0 aromatic carbocycles. The molecule has 1 aliphatic carbocycles. The number of nitrogens with one attached hydrogen (secondary N) is 1. The van der Waals surface area contributed by atoms with Gasteiger partial charge in [-0.2, -0.15) is 0 Å². The van der Waals surface area contributed by atoms with Gasteiger partial charge in [-0.15, -0.1) is 0 Å². The minimum atomic E-state index is -0.315. The van der Waals surface area contributed by atoms with E-state index < -0.39 is 0 Å². The van der Waals surface area contributed by atoms with E-state index >= 15 is 0 Å². The Balaban J connectivity index is 1.43. The van der Waals surface area contributed by atoms with Gasteiger partial charge in [0, 0.05) is 25.9 Å². The summed E-state index contributed by atoms with van der Waals surface area (Å²) >= 11 is 0. The van der Waals surface area contributed by atoms with Gasteiger partial charge in [0.05, 0.1) is 31.5 Å². The molecule has 1 atom stereocenters. The van der Waals surface area contributed by atoms with Gasteiger partial charge in [-0.05, 0) is 39.5 Å². The van der Waals surface area contributed by atoms with Crippen LogP contribution in [0.2, 0.25) is 0 Å². The number of amides is 2. The summed E-state index contributed by atoms with van der Waals surface area (Å²) in [5, 5.41) is 3.11. The Hall–Kier alpha value is -0.850. The maximum Gasteiger partial charge on any atom is 0.317 e. The summed E-state index contributed by atoms with van der Waals surface area (Å²) < 4.78 is 17.4. The lowest BCUT2D eigenvalue weighted by atomic mass is 9.85. The first-order chi connectivity index (χ1) is 10.9. The number of carbonyl (C=O) groups excluding carboxylic acids is 1. The number of urea groups is 1. The van der Waals surface area contributed by atoms with Crippen LogP contribution in [0.5, 0.6) is 0 Å². The van der Waals surface area contributed by atoms with Crippen LogP contribution in [0.15, 0.2) is 0 Å². The number of ether oxygens (including phenoxy) is 3. The Labute approximate surface area is 138 Å². The maximum absolute atomic E-state index is 12.4. The molecule has 1 spiro atoms. The molecular weight excluding hydrogens is 296 g/mol. The first-order valence-electron chi connectivity index (χ1n) is 8.86. The molecule has 132 valence electrons. The molecule has 1 unspecified atom stereocenters. The van der Waals surface area contributed by atoms with E-state index in [0.29, 0.717) is 32.2 Å². The lowest BCUT2D eigenvalue weighted by molar-refractivity contribution is -0.182. The third-order valence-corrected chi connectivity index (χ3v) is 5.08. The Morgan fingerprint density at radius 3 is 2.48 bits per heavy atom. The topological polar surface area (TPSA) is 60.0 Å². The summed E-state index contributed by atoms with van der Waals surface area (Å²) in [7, 11) is 0. The van der Waals surface area contributed by atoms with Crippen LogP contribution in [0, 0.1) is 5.92 Å². The summed E-state index contributed by atoms with van der Waals surface area (Å²) in [6, 6.07) is 0.0295. The summed E-state index contributed by atoms with van der Waals surface area (Å²) in [5.41, 5.74) is -0.274. The van der Waals surface area contributed by atoms with Crippen LogP contribution in [0.1, 0.15) is 46.5 Å². The van der Waals surface area contributed by atoms with Crippen molar-refractivity contribution < 1.29 is 19.0 Å². The predicted molar refractivity (Wildman–Crippen MR) is 86.2 cm³/mol. The van der Waals surface area contributed by atoms with Gasteiger partial charge in [-0.1, -0.05) is 0 Å². The van der Waals surface area contributed by atoms with Crippen LogP contribution in [-0.4, -0.2) is 61.3 Å². The van der Waals surface area contributed by atoms with Gasteiger partial charge in [0.2, 0.25) is 0 Å². The number of carbonyl (C=O) groups is 1. The van der Waals surface area contributed by atoms with E-state index in [4.69, 9.17) is 14.2 Å². The second-order valence-corrected chi connectivity index (χ2v) is 7.81. The molecule has 6 heteroatoms. The zero-order valence-electron chi connectivity index (χ0n) is 14.6. The third-order valence-electron chi connectivity index (χ3n) is 5.08. The van der Waals surface area contributed by atoms with Crippen LogP contribution in [0.25, 0.3) is 0 Å². The van der Waals surface area contributed by atoms with E-state index in [2.05, 4.69) is 5.32 Å². The zero-order valence-corrected chi connectivity index (χ0v) is 14.6. The maximum atomic E-state index is 12.4. The summed E-state index contributed by atoms with van der Waals surface area (Å²) in [6.45, 7) is 9.54. The third kappa shape index (κ3) is 4.17. The average molecular weight is 326 g/mol. The quantitative estimate of drug-likeness (QED) is 0.844. The van der Waals surface area contributed by atoms with Crippen LogP contribution in [0.3, 0.4) is 0 Å². The van der Waals surface area contributed by atoms with Gasteiger partial charge in [0.1, 0.15) is 0 Å². The molecule has 0 radical (unpaired) electrons. The first kappa shape index (κ1) is 17.0. The van der Waals surface area contributed by atoms with Crippen molar-refractivity contribution in [3.05, 3.63) is 0 Å². The number of nitrogens with zero attached hydrogens (tertiary/aromatic N) is 1. The second kappa shape index (κ2) is 6.57. The van der Waals surface area contributed by atoms with Crippen molar-refractivity contribution >= 4 is 6.03 Å². The van der Waals surface area contributed by atoms with E-state index in [1.807, 2.05) is 25.7 Å². The largest absolute Gasteiger partial charge is 0.369 e. The molecule has 2 aliphatic heterocycles. The van der Waals surface area contributed by atoms with Crippen molar-refractivity contribution in [2.24, 2.45) is 5.92 Å². The molecule has 1 N–H and O–H groups in total. The summed E-state index contributed by atoms with van der Waals surface area (Å²) in [6.07, 6.45) is 4.05. The molecule has 2 amide bonds. The lowest BCUT2D eigenvalue weighted by Crippen LogP contribution is -2.56. The van der Waals surface area contributed by atoms with Crippen LogP contribution < -0.4 is 5.32 Å². The van der Waals surface area contributed by atoms with Gasteiger partial charge >= 0.3 is 6.03 Å². The van der Waals surface area contributed by atoms with Gasteiger partial charge in [-0.3, -0.25) is 0 Å². The molecule has 3 fully saturated rings. The van der Waals surface area contributed by atoms with Crippen molar-refractivity contribution in [2.45, 2.75) is 63.9 Å². The molecule has 1 saturated carbocycles. The van der Waals surface area contributed by atoms with E-state index in [0.717, 1.165) is 32.2 Å². The average Bonchev–Trinajstić information content (AvgIpc) is 2.93. The minimum Gasteiger partial charge on any atom is -0.369 e. The zero-order chi connectivity index (χ0) is 16.5. The SMILES string of the molecule is CC1CN(C(=O)NCC2CCC3(CC2)OCCO3)CC(C)(C)O1. The van der Waals surface area contributed by atoms with Crippen LogP contribution in [-0.2, 0) is 14.2 Å². The molecule has 0 aromatic heterocycles. The van der Waals surface area contributed by atoms with Gasteiger partial charge in [-0.25, -0.2) is 4.79 Å². The Morgan fingerprint density at radius 1 is 1.22 bits per heavy atom. The van der Waals surface area contributed by atoms with E-state index in [1.54, 1.807) is 0 Å². The minimum absolute atomic E-state index is 0.0295. The summed E-state index contributed by atoms with van der Waals surface area (Å²) in [4.78, 5) is 14.3. The van der Waals surface area contributed by atoms with Gasteiger partial charge in [0.25, 0.3) is 0 Å². The van der Waals surface area contributed by atoms with Gasteiger partial charge < -0.3 is 24.4 Å². The molecule has 0 bridgehead atoms.